The van der Waals surface area contributed by atoms with Crippen LogP contribution in [0.15, 0.2) is 29.2 Å². The first kappa shape index (κ1) is 16.4. The van der Waals surface area contributed by atoms with Crippen molar-refractivity contribution < 1.29 is 4.79 Å². The summed E-state index contributed by atoms with van der Waals surface area (Å²) in [6, 6.07) is 9.32. The molecule has 0 aromatic heterocycles. The molecule has 0 unspecified atom stereocenters. The van der Waals surface area contributed by atoms with Crippen molar-refractivity contribution in [1.82, 2.24) is 10.2 Å². The van der Waals surface area contributed by atoms with Crippen LogP contribution in [0, 0.1) is 0 Å². The molecule has 3 nitrogen and oxygen atoms in total. The third kappa shape index (κ3) is 4.24. The number of hydrogen-bond acceptors (Lipinski definition) is 3. The molecule has 0 aliphatic carbocycles. The summed E-state index contributed by atoms with van der Waals surface area (Å²) >= 11 is 1.69. The fourth-order valence-corrected chi connectivity index (χ4v) is 4.08. The molecule has 0 radical (unpaired) electrons. The van der Waals surface area contributed by atoms with E-state index in [2.05, 4.69) is 50.0 Å². The molecular formula is C17H26N2OS. The van der Waals surface area contributed by atoms with Crippen LogP contribution in [0.3, 0.4) is 0 Å². The maximum atomic E-state index is 12.3. The van der Waals surface area contributed by atoms with Gasteiger partial charge in [0.25, 0.3) is 0 Å². The molecule has 0 bridgehead atoms. The normalized spacial score (nSPS) is 17.6. The molecule has 0 fully saturated rings. The Balaban J connectivity index is 1.79. The zero-order chi connectivity index (χ0) is 15.4. The first-order valence-corrected chi connectivity index (χ1v) is 8.65. The quantitative estimate of drug-likeness (QED) is 0.877. The third-order valence-electron chi connectivity index (χ3n) is 3.94. The predicted molar refractivity (Wildman–Crippen MR) is 89.8 cm³/mol. The lowest BCUT2D eigenvalue weighted by Gasteiger charge is -2.30. The molecule has 1 atom stereocenters. The molecule has 4 heteroatoms. The van der Waals surface area contributed by atoms with Gasteiger partial charge < -0.3 is 5.32 Å². The van der Waals surface area contributed by atoms with Crippen LogP contribution in [-0.4, -0.2) is 41.2 Å². The first-order valence-electron chi connectivity index (χ1n) is 7.77. The Hall–Kier alpha value is -1.00. The van der Waals surface area contributed by atoms with E-state index < -0.39 is 0 Å². The molecule has 1 aromatic carbocycles. The fourth-order valence-electron chi connectivity index (χ4n) is 2.86. The van der Waals surface area contributed by atoms with Crippen molar-refractivity contribution in [1.29, 1.82) is 0 Å². The molecule has 1 aromatic rings. The van der Waals surface area contributed by atoms with Gasteiger partial charge in [0.05, 0.1) is 5.25 Å². The highest BCUT2D eigenvalue weighted by Gasteiger charge is 2.27. The van der Waals surface area contributed by atoms with Crippen LogP contribution in [0.2, 0.25) is 0 Å². The summed E-state index contributed by atoms with van der Waals surface area (Å²) in [5, 5.41) is 3.13. The number of benzene rings is 1. The maximum absolute atomic E-state index is 12.3. The van der Waals surface area contributed by atoms with Gasteiger partial charge in [-0.25, -0.2) is 0 Å². The van der Waals surface area contributed by atoms with E-state index in [0.29, 0.717) is 12.1 Å². The lowest BCUT2D eigenvalue weighted by Crippen LogP contribution is -2.43. The first-order chi connectivity index (χ1) is 9.99. The van der Waals surface area contributed by atoms with E-state index in [1.165, 1.54) is 10.5 Å². The van der Waals surface area contributed by atoms with Crippen molar-refractivity contribution in [2.45, 2.75) is 56.3 Å². The summed E-state index contributed by atoms with van der Waals surface area (Å²) in [5.41, 5.74) is 1.30. The van der Waals surface area contributed by atoms with E-state index >= 15 is 0 Å². The summed E-state index contributed by atoms with van der Waals surface area (Å²) in [6.45, 7) is 10.4. The topological polar surface area (TPSA) is 32.3 Å². The molecule has 1 aliphatic heterocycles. The Labute approximate surface area is 132 Å². The fraction of sp³-hybridized carbons (Fsp3) is 0.588. The van der Waals surface area contributed by atoms with Crippen LogP contribution < -0.4 is 5.32 Å². The second-order valence-electron chi connectivity index (χ2n) is 6.13. The molecule has 1 N–H and O–H groups in total. The van der Waals surface area contributed by atoms with E-state index in [1.54, 1.807) is 11.8 Å². The van der Waals surface area contributed by atoms with Crippen LogP contribution in [0.5, 0.6) is 0 Å². The minimum Gasteiger partial charge on any atom is -0.354 e. The second kappa shape index (κ2) is 7.32. The lowest BCUT2D eigenvalue weighted by atomic mass is 10.1. The molecular weight excluding hydrogens is 280 g/mol. The highest BCUT2D eigenvalue weighted by molar-refractivity contribution is 8.01. The number of carbonyl (C=O) groups is 1. The van der Waals surface area contributed by atoms with E-state index in [0.717, 1.165) is 19.5 Å². The number of rotatable bonds is 6. The number of amides is 1. The molecule has 0 saturated carbocycles. The Bertz CT molecular complexity index is 454. The third-order valence-corrected chi connectivity index (χ3v) is 5.25. The zero-order valence-corrected chi connectivity index (χ0v) is 14.2. The number of thioether (sulfide) groups is 1. The van der Waals surface area contributed by atoms with Crippen LogP contribution in [0.25, 0.3) is 0 Å². The summed E-state index contributed by atoms with van der Waals surface area (Å²) < 4.78 is 0. The minimum atomic E-state index is 0.0361. The molecule has 1 heterocycles. The van der Waals surface area contributed by atoms with Crippen molar-refractivity contribution in [3.05, 3.63) is 29.8 Å². The smallest absolute Gasteiger partial charge is 0.233 e. The van der Waals surface area contributed by atoms with Crippen LogP contribution >= 0.6 is 11.8 Å². The number of hydrogen-bond donors (Lipinski definition) is 1. The molecule has 1 amide bonds. The van der Waals surface area contributed by atoms with Crippen molar-refractivity contribution in [3.63, 3.8) is 0 Å². The van der Waals surface area contributed by atoms with Gasteiger partial charge in [0.1, 0.15) is 0 Å². The van der Waals surface area contributed by atoms with Crippen molar-refractivity contribution in [2.75, 3.05) is 13.1 Å². The van der Waals surface area contributed by atoms with Gasteiger partial charge in [0.2, 0.25) is 5.91 Å². The van der Waals surface area contributed by atoms with Gasteiger partial charge in [-0.05, 0) is 45.7 Å². The largest absolute Gasteiger partial charge is 0.354 e. The Kier molecular flexibility index (Phi) is 5.71. The van der Waals surface area contributed by atoms with Crippen molar-refractivity contribution in [2.24, 2.45) is 0 Å². The molecule has 2 rings (SSSR count). The molecule has 116 valence electrons. The van der Waals surface area contributed by atoms with Crippen LogP contribution in [-0.2, 0) is 11.2 Å². The average molecular weight is 306 g/mol. The lowest BCUT2D eigenvalue weighted by molar-refractivity contribution is -0.120. The Morgan fingerprint density at radius 2 is 1.95 bits per heavy atom. The van der Waals surface area contributed by atoms with E-state index in [1.807, 2.05) is 12.1 Å². The van der Waals surface area contributed by atoms with Gasteiger partial charge >= 0.3 is 0 Å². The van der Waals surface area contributed by atoms with E-state index in [-0.39, 0.29) is 11.2 Å². The van der Waals surface area contributed by atoms with Gasteiger partial charge in [0, 0.05) is 30.1 Å². The van der Waals surface area contributed by atoms with E-state index in [4.69, 9.17) is 0 Å². The Morgan fingerprint density at radius 1 is 1.29 bits per heavy atom. The maximum Gasteiger partial charge on any atom is 0.233 e. The highest BCUT2D eigenvalue weighted by atomic mass is 32.2. The average Bonchev–Trinajstić information content (AvgIpc) is 2.86. The summed E-state index contributed by atoms with van der Waals surface area (Å²) in [4.78, 5) is 15.9. The second-order valence-corrected chi connectivity index (χ2v) is 7.38. The van der Waals surface area contributed by atoms with Crippen LogP contribution in [0.1, 0.15) is 33.3 Å². The Morgan fingerprint density at radius 3 is 2.57 bits per heavy atom. The number of carbonyl (C=O) groups excluding carboxylic acids is 1. The van der Waals surface area contributed by atoms with Gasteiger partial charge in [-0.2, -0.15) is 0 Å². The molecule has 1 aliphatic rings. The van der Waals surface area contributed by atoms with E-state index in [9.17, 15) is 4.79 Å². The SMILES string of the molecule is CC(C)N(CCNC(=O)[C@@H]1Cc2ccccc2S1)C(C)C. The monoisotopic (exact) mass is 306 g/mol. The number of fused-ring (bicyclic) bond motifs is 1. The highest BCUT2D eigenvalue weighted by Crippen LogP contribution is 2.36. The number of nitrogens with one attached hydrogen (secondary N) is 1. The van der Waals surface area contributed by atoms with Gasteiger partial charge in [-0.3, -0.25) is 9.69 Å². The summed E-state index contributed by atoms with van der Waals surface area (Å²) in [7, 11) is 0. The van der Waals surface area contributed by atoms with Crippen molar-refractivity contribution in [3.8, 4) is 0 Å². The molecule has 0 spiro atoms. The number of nitrogens with zero attached hydrogens (tertiary/aromatic N) is 1. The van der Waals surface area contributed by atoms with Crippen molar-refractivity contribution >= 4 is 17.7 Å². The zero-order valence-electron chi connectivity index (χ0n) is 13.4. The van der Waals surface area contributed by atoms with Gasteiger partial charge in [-0.15, -0.1) is 11.8 Å². The molecule has 21 heavy (non-hydrogen) atoms. The summed E-state index contributed by atoms with van der Waals surface area (Å²) in [6.07, 6.45) is 0.852. The van der Waals surface area contributed by atoms with Gasteiger partial charge in [-0.1, -0.05) is 18.2 Å². The summed E-state index contributed by atoms with van der Waals surface area (Å²) in [5.74, 6) is 0.170. The van der Waals surface area contributed by atoms with Gasteiger partial charge in [0.15, 0.2) is 0 Å². The molecule has 0 saturated heterocycles. The standard InChI is InChI=1S/C17H26N2OS/c1-12(2)19(13(3)4)10-9-18-17(20)16-11-14-7-5-6-8-15(14)21-16/h5-8,12-13,16H,9-11H2,1-4H3,(H,18,20)/t16-/m0/s1. The predicted octanol–water partition coefficient (Wildman–Crippen LogP) is 2.94. The minimum absolute atomic E-state index is 0.0361. The van der Waals surface area contributed by atoms with Crippen LogP contribution in [0.4, 0.5) is 0 Å².